The van der Waals surface area contributed by atoms with E-state index in [0.717, 1.165) is 46.6 Å². The maximum Gasteiger partial charge on any atom is 0.107 e. The van der Waals surface area contributed by atoms with Crippen LogP contribution in [0.3, 0.4) is 0 Å². The smallest absolute Gasteiger partial charge is 0.107 e. The van der Waals surface area contributed by atoms with Gasteiger partial charge in [-0.2, -0.15) is 0 Å². The second kappa shape index (κ2) is 7.32. The van der Waals surface area contributed by atoms with Crippen molar-refractivity contribution in [3.05, 3.63) is 59.2 Å². The number of aryl methyl sites for hydroxylation is 4. The first-order valence-electron chi connectivity index (χ1n) is 9.59. The summed E-state index contributed by atoms with van der Waals surface area (Å²) in [5, 5.41) is 0. The van der Waals surface area contributed by atoms with Gasteiger partial charge in [-0.05, 0) is 49.9 Å². The second-order valence-corrected chi connectivity index (χ2v) is 7.22. The number of para-hydroxylation sites is 2. The van der Waals surface area contributed by atoms with Gasteiger partial charge in [0, 0.05) is 12.8 Å². The predicted molar refractivity (Wildman–Crippen MR) is 108 cm³/mol. The van der Waals surface area contributed by atoms with E-state index in [1.807, 2.05) is 0 Å². The van der Waals surface area contributed by atoms with E-state index in [1.165, 1.54) is 36.8 Å². The van der Waals surface area contributed by atoms with Crippen LogP contribution in [-0.2, 0) is 12.8 Å². The number of hydrogen-bond acceptors (Lipinski definition) is 2. The van der Waals surface area contributed by atoms with Gasteiger partial charge < -0.3 is 9.97 Å². The highest BCUT2D eigenvalue weighted by Crippen LogP contribution is 2.18. The lowest BCUT2D eigenvalue weighted by atomic mass is 10.1. The third-order valence-electron chi connectivity index (χ3n) is 5.10. The van der Waals surface area contributed by atoms with Crippen LogP contribution in [0.5, 0.6) is 0 Å². The van der Waals surface area contributed by atoms with E-state index in [9.17, 15) is 0 Å². The Kier molecular flexibility index (Phi) is 4.74. The fourth-order valence-corrected chi connectivity index (χ4v) is 3.63. The summed E-state index contributed by atoms with van der Waals surface area (Å²) in [7, 11) is 0. The minimum atomic E-state index is 1.03. The Labute approximate surface area is 154 Å². The minimum Gasteiger partial charge on any atom is -0.342 e. The first kappa shape index (κ1) is 16.8. The summed E-state index contributed by atoms with van der Waals surface area (Å²) >= 11 is 0. The summed E-state index contributed by atoms with van der Waals surface area (Å²) in [4.78, 5) is 16.4. The number of aromatic nitrogens is 4. The van der Waals surface area contributed by atoms with Crippen LogP contribution in [0, 0.1) is 13.8 Å². The highest BCUT2D eigenvalue weighted by molar-refractivity contribution is 5.79. The molecule has 0 saturated carbocycles. The molecule has 4 heteroatoms. The van der Waals surface area contributed by atoms with Crippen molar-refractivity contribution in [2.24, 2.45) is 0 Å². The van der Waals surface area contributed by atoms with Crippen LogP contribution in [0.2, 0.25) is 0 Å². The number of benzene rings is 2. The van der Waals surface area contributed by atoms with Crippen LogP contribution in [0.25, 0.3) is 22.1 Å². The largest absolute Gasteiger partial charge is 0.342 e. The molecule has 0 bridgehead atoms. The van der Waals surface area contributed by atoms with Crippen molar-refractivity contribution < 1.29 is 0 Å². The Morgan fingerprint density at radius 2 is 1.12 bits per heavy atom. The molecule has 2 aromatic heterocycles. The molecule has 0 saturated heterocycles. The topological polar surface area (TPSA) is 57.4 Å². The lowest BCUT2D eigenvalue weighted by molar-refractivity contribution is 0.625. The zero-order chi connectivity index (χ0) is 17.9. The van der Waals surface area contributed by atoms with E-state index >= 15 is 0 Å². The molecule has 0 unspecified atom stereocenters. The molecule has 4 nitrogen and oxygen atoms in total. The van der Waals surface area contributed by atoms with Gasteiger partial charge in [0.2, 0.25) is 0 Å². The summed E-state index contributed by atoms with van der Waals surface area (Å²) in [6.45, 7) is 4.24. The summed E-state index contributed by atoms with van der Waals surface area (Å²) in [6.07, 6.45) is 6.87. The van der Waals surface area contributed by atoms with Gasteiger partial charge in [0.15, 0.2) is 0 Å². The van der Waals surface area contributed by atoms with Crippen LogP contribution < -0.4 is 0 Å². The Hall–Kier alpha value is -2.62. The first-order chi connectivity index (χ1) is 12.7. The number of fused-ring (bicyclic) bond motifs is 2. The summed E-state index contributed by atoms with van der Waals surface area (Å²) < 4.78 is 0. The lowest BCUT2D eigenvalue weighted by Gasteiger charge is -1.99. The minimum absolute atomic E-state index is 1.03. The van der Waals surface area contributed by atoms with Crippen LogP contribution >= 0.6 is 0 Å². The lowest BCUT2D eigenvalue weighted by Crippen LogP contribution is -1.91. The first-order valence-corrected chi connectivity index (χ1v) is 9.59. The van der Waals surface area contributed by atoms with Gasteiger partial charge in [-0.25, -0.2) is 9.97 Å². The van der Waals surface area contributed by atoms with Crippen LogP contribution in [0.15, 0.2) is 36.4 Å². The SMILES string of the molecule is Cc1cccc2[nH]c(CCCCCCc3nc4c(C)cccc4[nH]3)nc12. The number of rotatable bonds is 7. The Morgan fingerprint density at radius 3 is 1.54 bits per heavy atom. The summed E-state index contributed by atoms with van der Waals surface area (Å²) in [6, 6.07) is 12.6. The molecule has 2 heterocycles. The number of hydrogen-bond donors (Lipinski definition) is 2. The average Bonchev–Trinajstić information content (AvgIpc) is 3.23. The van der Waals surface area contributed by atoms with E-state index in [1.54, 1.807) is 0 Å². The monoisotopic (exact) mass is 346 g/mol. The molecule has 0 amide bonds. The van der Waals surface area contributed by atoms with Gasteiger partial charge in [0.1, 0.15) is 11.6 Å². The molecular weight excluding hydrogens is 320 g/mol. The van der Waals surface area contributed by atoms with Gasteiger partial charge in [-0.1, -0.05) is 37.1 Å². The van der Waals surface area contributed by atoms with Gasteiger partial charge in [-0.3, -0.25) is 0 Å². The normalized spacial score (nSPS) is 11.6. The Morgan fingerprint density at radius 1 is 0.654 bits per heavy atom. The number of imidazole rings is 2. The summed E-state index contributed by atoms with van der Waals surface area (Å²) in [5.74, 6) is 2.23. The van der Waals surface area contributed by atoms with Crippen molar-refractivity contribution in [1.29, 1.82) is 0 Å². The number of unbranched alkanes of at least 4 members (excludes halogenated alkanes) is 3. The van der Waals surface area contributed by atoms with Gasteiger partial charge >= 0.3 is 0 Å². The van der Waals surface area contributed by atoms with Crippen LogP contribution in [-0.4, -0.2) is 19.9 Å². The third kappa shape index (κ3) is 3.50. The van der Waals surface area contributed by atoms with E-state index in [0.29, 0.717) is 0 Å². The molecular formula is C22H26N4. The van der Waals surface area contributed by atoms with Gasteiger partial charge in [0.25, 0.3) is 0 Å². The number of nitrogens with one attached hydrogen (secondary N) is 2. The quantitative estimate of drug-likeness (QED) is 0.440. The van der Waals surface area contributed by atoms with Crippen molar-refractivity contribution in [3.63, 3.8) is 0 Å². The van der Waals surface area contributed by atoms with E-state index in [4.69, 9.17) is 9.97 Å². The van der Waals surface area contributed by atoms with E-state index < -0.39 is 0 Å². The number of H-pyrrole nitrogens is 2. The highest BCUT2D eigenvalue weighted by Gasteiger charge is 2.06. The van der Waals surface area contributed by atoms with Crippen molar-refractivity contribution in [2.75, 3.05) is 0 Å². The summed E-state index contributed by atoms with van der Waals surface area (Å²) in [5.41, 5.74) is 7.02. The average molecular weight is 346 g/mol. The number of aromatic amines is 2. The maximum absolute atomic E-state index is 4.74. The van der Waals surface area contributed by atoms with Crippen LogP contribution in [0.4, 0.5) is 0 Å². The fourth-order valence-electron chi connectivity index (χ4n) is 3.63. The molecule has 2 aromatic carbocycles. The van der Waals surface area contributed by atoms with Crippen LogP contribution in [0.1, 0.15) is 48.5 Å². The molecule has 0 aliphatic rings. The maximum atomic E-state index is 4.74. The molecule has 0 spiro atoms. The third-order valence-corrected chi connectivity index (χ3v) is 5.10. The molecule has 4 aromatic rings. The molecule has 0 radical (unpaired) electrons. The zero-order valence-corrected chi connectivity index (χ0v) is 15.6. The molecule has 4 rings (SSSR count). The molecule has 0 aliphatic heterocycles. The van der Waals surface area contributed by atoms with Crippen molar-refractivity contribution >= 4 is 22.1 Å². The van der Waals surface area contributed by atoms with Gasteiger partial charge in [-0.15, -0.1) is 0 Å². The second-order valence-electron chi connectivity index (χ2n) is 7.22. The zero-order valence-electron chi connectivity index (χ0n) is 15.6. The standard InChI is InChI=1S/C22H26N4/c1-15-9-7-11-17-21(15)25-19(23-17)13-5-3-4-6-14-20-24-18-12-8-10-16(2)22(18)26-20/h7-12H,3-6,13-14H2,1-2H3,(H,23,25)(H,24,26). The molecule has 0 aliphatic carbocycles. The predicted octanol–water partition coefficient (Wildman–Crippen LogP) is 5.40. The van der Waals surface area contributed by atoms with E-state index in [2.05, 4.69) is 60.2 Å². The molecule has 0 fully saturated rings. The van der Waals surface area contributed by atoms with Crippen molar-refractivity contribution in [3.8, 4) is 0 Å². The fraction of sp³-hybridized carbons (Fsp3) is 0.364. The van der Waals surface area contributed by atoms with Crippen molar-refractivity contribution in [1.82, 2.24) is 19.9 Å². The van der Waals surface area contributed by atoms with E-state index in [-0.39, 0.29) is 0 Å². The molecule has 0 atom stereocenters. The van der Waals surface area contributed by atoms with Gasteiger partial charge in [0.05, 0.1) is 22.1 Å². The molecule has 26 heavy (non-hydrogen) atoms. The number of nitrogens with zero attached hydrogens (tertiary/aromatic N) is 2. The Bertz CT molecular complexity index is 941. The Balaban J connectivity index is 1.23. The van der Waals surface area contributed by atoms with Crippen molar-refractivity contribution in [2.45, 2.75) is 52.4 Å². The molecule has 134 valence electrons. The molecule has 2 N–H and O–H groups in total. The highest BCUT2D eigenvalue weighted by atomic mass is 14.9.